The van der Waals surface area contributed by atoms with Gasteiger partial charge in [0.1, 0.15) is 11.5 Å². The Morgan fingerprint density at radius 1 is 1.13 bits per heavy atom. The van der Waals surface area contributed by atoms with Crippen molar-refractivity contribution in [3.05, 3.63) is 52.6 Å². The molecule has 208 valence electrons. The number of benzene rings is 1. The van der Waals surface area contributed by atoms with E-state index in [1.807, 2.05) is 24.8 Å². The van der Waals surface area contributed by atoms with E-state index in [2.05, 4.69) is 25.9 Å². The first-order valence-electron chi connectivity index (χ1n) is 13.3. The van der Waals surface area contributed by atoms with Crippen molar-refractivity contribution < 1.29 is 19.1 Å². The molecule has 1 N–H and O–H groups in total. The maximum Gasteiger partial charge on any atom is 0.274 e. The quantitative estimate of drug-likeness (QED) is 0.505. The Labute approximate surface area is 232 Å². The van der Waals surface area contributed by atoms with Gasteiger partial charge in [-0.05, 0) is 63.3 Å². The van der Waals surface area contributed by atoms with Gasteiger partial charge in [0.2, 0.25) is 5.91 Å². The summed E-state index contributed by atoms with van der Waals surface area (Å²) in [6.45, 7) is 13.0. The number of rotatable bonds is 3. The first kappa shape index (κ1) is 27.5. The number of hydrogen-bond acceptors (Lipinski definition) is 5. The number of nitrogens with zero attached hydrogens (tertiary/aromatic N) is 5. The zero-order valence-corrected chi connectivity index (χ0v) is 24.0. The Bertz CT molecular complexity index is 1470. The first-order valence-corrected chi connectivity index (χ1v) is 13.6. The average Bonchev–Trinajstić information content (AvgIpc) is 3.25. The van der Waals surface area contributed by atoms with E-state index < -0.39 is 17.0 Å². The van der Waals surface area contributed by atoms with Gasteiger partial charge in [0.05, 0.1) is 28.1 Å². The normalized spacial score (nSPS) is 23.2. The third-order valence-corrected chi connectivity index (χ3v) is 8.14. The van der Waals surface area contributed by atoms with Gasteiger partial charge in [-0.2, -0.15) is 5.10 Å². The molecule has 0 unspecified atom stereocenters. The van der Waals surface area contributed by atoms with E-state index in [9.17, 15) is 19.1 Å². The molecule has 5 rings (SSSR count). The molecular weight excluding hydrogens is 521 g/mol. The van der Waals surface area contributed by atoms with E-state index in [-0.39, 0.29) is 33.9 Å². The standard InChI is InChI=1S/C29H35ClFN5O3/c1-27(2,3)19-12-22(17-7-8-21(31)20(30)11-17)33-36-15-23(32-24(19)36)26(38)35-10-9-34(16-28(35,4)5)25(37)18-13-29(6,39)14-18/h7-8,11-12,15,18,39H,9-10,13-14,16H2,1-6H3/t18-,29+. The summed E-state index contributed by atoms with van der Waals surface area (Å²) in [6.07, 6.45) is 2.58. The number of imidazole rings is 1. The zero-order valence-electron chi connectivity index (χ0n) is 23.3. The van der Waals surface area contributed by atoms with Crippen molar-refractivity contribution in [1.29, 1.82) is 0 Å². The predicted molar refractivity (Wildman–Crippen MR) is 147 cm³/mol. The summed E-state index contributed by atoms with van der Waals surface area (Å²) in [5.41, 5.74) is 1.29. The molecule has 2 amide bonds. The molecule has 2 fully saturated rings. The Hall–Kier alpha value is -3.04. The molecule has 1 saturated carbocycles. The van der Waals surface area contributed by atoms with Crippen LogP contribution in [0.25, 0.3) is 16.9 Å². The van der Waals surface area contributed by atoms with Crippen LogP contribution >= 0.6 is 11.6 Å². The van der Waals surface area contributed by atoms with E-state index in [1.165, 1.54) is 12.1 Å². The number of halogens is 2. The fraction of sp³-hybridized carbons (Fsp3) is 0.517. The van der Waals surface area contributed by atoms with Crippen molar-refractivity contribution in [2.45, 2.75) is 70.9 Å². The topological polar surface area (TPSA) is 91.0 Å². The van der Waals surface area contributed by atoms with Gasteiger partial charge in [0.15, 0.2) is 5.65 Å². The van der Waals surface area contributed by atoms with Crippen molar-refractivity contribution in [2.75, 3.05) is 19.6 Å². The summed E-state index contributed by atoms with van der Waals surface area (Å²) in [5, 5.41) is 14.7. The lowest BCUT2D eigenvalue weighted by Gasteiger charge is -2.49. The van der Waals surface area contributed by atoms with Crippen molar-refractivity contribution in [1.82, 2.24) is 24.4 Å². The highest BCUT2D eigenvalue weighted by Gasteiger charge is 2.47. The second-order valence-electron chi connectivity index (χ2n) is 12.8. The molecule has 39 heavy (non-hydrogen) atoms. The number of carbonyl (C=O) groups is 2. The van der Waals surface area contributed by atoms with Gasteiger partial charge >= 0.3 is 0 Å². The monoisotopic (exact) mass is 555 g/mol. The van der Waals surface area contributed by atoms with Gasteiger partial charge in [-0.1, -0.05) is 32.4 Å². The minimum absolute atomic E-state index is 0.00995. The molecule has 8 nitrogen and oxygen atoms in total. The maximum absolute atomic E-state index is 13.8. The van der Waals surface area contributed by atoms with Crippen molar-refractivity contribution >= 4 is 29.1 Å². The molecule has 10 heteroatoms. The van der Waals surface area contributed by atoms with Crippen LogP contribution in [0.1, 0.15) is 70.4 Å². The highest BCUT2D eigenvalue weighted by Crippen LogP contribution is 2.39. The maximum atomic E-state index is 13.8. The molecule has 3 heterocycles. The number of amides is 2. The third kappa shape index (κ3) is 5.14. The smallest absolute Gasteiger partial charge is 0.274 e. The summed E-state index contributed by atoms with van der Waals surface area (Å²) < 4.78 is 15.4. The van der Waals surface area contributed by atoms with Crippen LogP contribution in [-0.4, -0.2) is 72.1 Å². The molecule has 0 bridgehead atoms. The summed E-state index contributed by atoms with van der Waals surface area (Å²) >= 11 is 6.03. The van der Waals surface area contributed by atoms with Gasteiger partial charge in [0.25, 0.3) is 5.91 Å². The molecule has 0 atom stereocenters. The number of carbonyl (C=O) groups excluding carboxylic acids is 2. The van der Waals surface area contributed by atoms with E-state index in [1.54, 1.807) is 28.6 Å². The van der Waals surface area contributed by atoms with Crippen LogP contribution in [-0.2, 0) is 10.2 Å². The van der Waals surface area contributed by atoms with Crippen molar-refractivity contribution in [3.8, 4) is 11.3 Å². The second-order valence-corrected chi connectivity index (χ2v) is 13.3. The van der Waals surface area contributed by atoms with Crippen LogP contribution in [0, 0.1) is 11.7 Å². The fourth-order valence-electron chi connectivity index (χ4n) is 5.72. The number of piperazine rings is 1. The summed E-state index contributed by atoms with van der Waals surface area (Å²) in [4.78, 5) is 35.1. The third-order valence-electron chi connectivity index (χ3n) is 7.85. The minimum Gasteiger partial charge on any atom is -0.390 e. The van der Waals surface area contributed by atoms with E-state index >= 15 is 0 Å². The highest BCUT2D eigenvalue weighted by molar-refractivity contribution is 6.31. The van der Waals surface area contributed by atoms with E-state index in [0.717, 1.165) is 5.56 Å². The highest BCUT2D eigenvalue weighted by atomic mass is 35.5. The van der Waals surface area contributed by atoms with Crippen LogP contribution in [0.2, 0.25) is 5.02 Å². The minimum atomic E-state index is -0.764. The van der Waals surface area contributed by atoms with Crippen LogP contribution < -0.4 is 0 Å². The Kier molecular flexibility index (Phi) is 6.54. The molecule has 0 radical (unpaired) electrons. The van der Waals surface area contributed by atoms with Crippen LogP contribution in [0.3, 0.4) is 0 Å². The molecule has 1 aromatic carbocycles. The predicted octanol–water partition coefficient (Wildman–Crippen LogP) is 4.71. The second kappa shape index (κ2) is 9.27. The van der Waals surface area contributed by atoms with Gasteiger partial charge < -0.3 is 14.9 Å². The van der Waals surface area contributed by atoms with Gasteiger partial charge in [-0.25, -0.2) is 13.9 Å². The summed E-state index contributed by atoms with van der Waals surface area (Å²) in [7, 11) is 0. The van der Waals surface area contributed by atoms with Crippen molar-refractivity contribution in [2.24, 2.45) is 5.92 Å². The molecule has 3 aromatic rings. The summed E-state index contributed by atoms with van der Waals surface area (Å²) in [6, 6.07) is 6.38. The van der Waals surface area contributed by atoms with Gasteiger partial charge in [-0.3, -0.25) is 9.59 Å². The average molecular weight is 556 g/mol. The van der Waals surface area contributed by atoms with E-state index in [4.69, 9.17) is 16.6 Å². The van der Waals surface area contributed by atoms with Crippen LogP contribution in [0.5, 0.6) is 0 Å². The molecule has 2 aliphatic rings. The largest absolute Gasteiger partial charge is 0.390 e. The first-order chi connectivity index (χ1) is 18.1. The van der Waals surface area contributed by atoms with Gasteiger partial charge in [-0.15, -0.1) is 0 Å². The van der Waals surface area contributed by atoms with Gasteiger partial charge in [0, 0.05) is 36.7 Å². The van der Waals surface area contributed by atoms with Crippen LogP contribution in [0.15, 0.2) is 30.5 Å². The Morgan fingerprint density at radius 3 is 2.41 bits per heavy atom. The lowest BCUT2D eigenvalue weighted by atomic mass is 9.71. The molecule has 0 spiro atoms. The molecule has 1 saturated heterocycles. The summed E-state index contributed by atoms with van der Waals surface area (Å²) in [5.74, 6) is -0.849. The molecule has 1 aliphatic carbocycles. The Balaban J connectivity index is 1.44. The SMILES string of the molecule is CC(C)(C)c1cc(-c2ccc(F)c(Cl)c2)nn2cc(C(=O)N3CCN(C(=O)[C@H]4C[C@@](C)(O)C4)CC3(C)C)nc12. The zero-order chi connectivity index (χ0) is 28.5. The molecule has 2 aromatic heterocycles. The molecular formula is C29H35ClFN5O3. The fourth-order valence-corrected chi connectivity index (χ4v) is 5.90. The Morgan fingerprint density at radius 2 is 1.82 bits per heavy atom. The lowest BCUT2D eigenvalue weighted by molar-refractivity contribution is -0.153. The van der Waals surface area contributed by atoms with Crippen LogP contribution in [0.4, 0.5) is 4.39 Å². The van der Waals surface area contributed by atoms with E-state index in [0.29, 0.717) is 49.4 Å². The van der Waals surface area contributed by atoms with Crippen molar-refractivity contribution in [3.63, 3.8) is 0 Å². The number of hydrogen-bond donors (Lipinski definition) is 1. The number of aromatic nitrogens is 3. The molecule has 1 aliphatic heterocycles. The number of aliphatic hydroxyl groups is 1. The number of fused-ring (bicyclic) bond motifs is 1. The lowest BCUT2D eigenvalue weighted by Crippen LogP contribution is -2.63.